The number of hydrogen-bond donors (Lipinski definition) is 3. The summed E-state index contributed by atoms with van der Waals surface area (Å²) in [5.41, 5.74) is 0.760. The van der Waals surface area contributed by atoms with E-state index in [1.807, 2.05) is 83.7 Å². The number of carbonyl (C=O) groups excluding carboxylic acids is 1. The van der Waals surface area contributed by atoms with E-state index in [9.17, 15) is 4.79 Å². The molecule has 7 nitrogen and oxygen atoms in total. The molecule has 2 amide bonds. The second-order valence-electron chi connectivity index (χ2n) is 6.24. The molecule has 4 aromatic rings. The Morgan fingerprint density at radius 2 is 1.68 bits per heavy atom. The van der Waals surface area contributed by atoms with E-state index < -0.39 is 0 Å². The van der Waals surface area contributed by atoms with Crippen LogP contribution in [0.3, 0.4) is 0 Å². The zero-order valence-corrected chi connectivity index (χ0v) is 15.2. The monoisotopic (exact) mass is 372 g/mol. The molecule has 2 heterocycles. The maximum absolute atomic E-state index is 12.1. The number of rotatable bonds is 6. The van der Waals surface area contributed by atoms with Crippen LogP contribution in [-0.4, -0.2) is 33.9 Å². The van der Waals surface area contributed by atoms with Crippen molar-refractivity contribution < 1.29 is 4.79 Å². The summed E-state index contributed by atoms with van der Waals surface area (Å²) < 4.78 is 1.88. The first-order valence-electron chi connectivity index (χ1n) is 9.02. The first kappa shape index (κ1) is 17.5. The minimum absolute atomic E-state index is 0.244. The van der Waals surface area contributed by atoms with Crippen molar-refractivity contribution in [2.45, 2.75) is 0 Å². The van der Waals surface area contributed by atoms with Crippen molar-refractivity contribution in [2.24, 2.45) is 0 Å². The number of urea groups is 1. The van der Waals surface area contributed by atoms with Crippen LogP contribution in [0.15, 0.2) is 79.1 Å². The van der Waals surface area contributed by atoms with Crippen LogP contribution in [0.5, 0.6) is 0 Å². The van der Waals surface area contributed by atoms with E-state index in [2.05, 4.69) is 26.1 Å². The molecule has 3 N–H and O–H groups in total. The van der Waals surface area contributed by atoms with Crippen molar-refractivity contribution in [3.05, 3.63) is 79.1 Å². The Bertz CT molecular complexity index is 1060. The molecule has 4 rings (SSSR count). The molecule has 7 heteroatoms. The Morgan fingerprint density at radius 1 is 0.857 bits per heavy atom. The smallest absolute Gasteiger partial charge is 0.319 e. The summed E-state index contributed by atoms with van der Waals surface area (Å²) in [6.45, 7) is 1.00. The average Bonchev–Trinajstić information content (AvgIpc) is 3.26. The van der Waals surface area contributed by atoms with Crippen molar-refractivity contribution in [1.29, 1.82) is 0 Å². The number of nitrogens with zero attached hydrogens (tertiary/aromatic N) is 3. The maximum atomic E-state index is 12.1. The molecule has 0 aliphatic carbocycles. The molecule has 0 spiro atoms. The van der Waals surface area contributed by atoms with E-state index in [4.69, 9.17) is 0 Å². The van der Waals surface area contributed by atoms with Crippen LogP contribution in [0.4, 0.5) is 16.3 Å². The third-order valence-electron chi connectivity index (χ3n) is 4.24. The van der Waals surface area contributed by atoms with Gasteiger partial charge in [-0.05, 0) is 47.2 Å². The van der Waals surface area contributed by atoms with Gasteiger partial charge >= 0.3 is 6.03 Å². The lowest BCUT2D eigenvalue weighted by molar-refractivity contribution is 0.252. The van der Waals surface area contributed by atoms with Gasteiger partial charge in [0.15, 0.2) is 5.82 Å². The van der Waals surface area contributed by atoms with E-state index in [0.29, 0.717) is 18.9 Å². The van der Waals surface area contributed by atoms with Crippen molar-refractivity contribution in [1.82, 2.24) is 20.1 Å². The Balaban J connectivity index is 1.23. The van der Waals surface area contributed by atoms with Gasteiger partial charge < -0.3 is 20.5 Å². The number of fused-ring (bicyclic) bond motifs is 1. The van der Waals surface area contributed by atoms with Crippen LogP contribution in [-0.2, 0) is 0 Å². The number of nitrogens with one attached hydrogen (secondary N) is 3. The highest BCUT2D eigenvalue weighted by atomic mass is 16.2. The van der Waals surface area contributed by atoms with Crippen molar-refractivity contribution in [3.8, 4) is 5.82 Å². The van der Waals surface area contributed by atoms with Crippen LogP contribution in [0.25, 0.3) is 16.6 Å². The zero-order valence-electron chi connectivity index (χ0n) is 15.2. The topological polar surface area (TPSA) is 83.9 Å². The van der Waals surface area contributed by atoms with Crippen LogP contribution in [0.1, 0.15) is 0 Å². The van der Waals surface area contributed by atoms with E-state index in [-0.39, 0.29) is 6.03 Å². The molecule has 2 aromatic heterocycles. The predicted molar refractivity (Wildman–Crippen MR) is 111 cm³/mol. The lowest BCUT2D eigenvalue weighted by Crippen LogP contribution is -2.32. The molecule has 0 aliphatic rings. The minimum Gasteiger partial charge on any atom is -0.367 e. The van der Waals surface area contributed by atoms with Gasteiger partial charge in [-0.25, -0.2) is 4.79 Å². The van der Waals surface area contributed by atoms with E-state index in [1.165, 1.54) is 0 Å². The number of anilines is 2. The van der Waals surface area contributed by atoms with Gasteiger partial charge in [-0.15, -0.1) is 10.2 Å². The maximum Gasteiger partial charge on any atom is 0.319 e. The number of hydrogen-bond acceptors (Lipinski definition) is 4. The second-order valence-corrected chi connectivity index (χ2v) is 6.24. The highest BCUT2D eigenvalue weighted by Crippen LogP contribution is 2.18. The van der Waals surface area contributed by atoms with Crippen LogP contribution in [0.2, 0.25) is 0 Å². The quantitative estimate of drug-likeness (QED) is 0.451. The zero-order chi connectivity index (χ0) is 19.2. The molecule has 0 atom stereocenters. The van der Waals surface area contributed by atoms with Gasteiger partial charge in [0.1, 0.15) is 5.82 Å². The van der Waals surface area contributed by atoms with Crippen LogP contribution < -0.4 is 16.0 Å². The number of amides is 2. The molecular formula is C21H20N6O. The lowest BCUT2D eigenvalue weighted by atomic mass is 10.1. The summed E-state index contributed by atoms with van der Waals surface area (Å²) in [5.74, 6) is 1.41. The van der Waals surface area contributed by atoms with E-state index in [0.717, 1.165) is 22.3 Å². The largest absolute Gasteiger partial charge is 0.367 e. The molecule has 28 heavy (non-hydrogen) atoms. The summed E-state index contributed by atoms with van der Waals surface area (Å²) in [7, 11) is 0. The Morgan fingerprint density at radius 3 is 2.46 bits per heavy atom. The van der Waals surface area contributed by atoms with Gasteiger partial charge in [0.05, 0.1) is 0 Å². The van der Waals surface area contributed by atoms with Crippen molar-refractivity contribution in [2.75, 3.05) is 23.7 Å². The fourth-order valence-electron chi connectivity index (χ4n) is 2.85. The predicted octanol–water partition coefficient (Wildman–Crippen LogP) is 3.65. The molecular weight excluding hydrogens is 352 g/mol. The SMILES string of the molecule is O=C(NCCNc1ccc(-n2cccc2)nn1)Nc1ccc2ccccc2c1. The van der Waals surface area contributed by atoms with Crippen molar-refractivity contribution in [3.63, 3.8) is 0 Å². The molecule has 0 fully saturated rings. The number of aromatic nitrogens is 3. The molecule has 0 saturated heterocycles. The van der Waals surface area contributed by atoms with Crippen molar-refractivity contribution >= 4 is 28.3 Å². The van der Waals surface area contributed by atoms with Gasteiger partial charge in [-0.3, -0.25) is 0 Å². The Labute approximate surface area is 162 Å². The third kappa shape index (κ3) is 4.27. The summed E-state index contributed by atoms with van der Waals surface area (Å²) in [5, 5.41) is 19.3. The number of carbonyl (C=O) groups is 1. The average molecular weight is 372 g/mol. The van der Waals surface area contributed by atoms with Gasteiger partial charge in [0, 0.05) is 31.2 Å². The fourth-order valence-corrected chi connectivity index (χ4v) is 2.85. The lowest BCUT2D eigenvalue weighted by Gasteiger charge is -2.10. The van der Waals surface area contributed by atoms with Gasteiger partial charge in [-0.2, -0.15) is 0 Å². The summed E-state index contributed by atoms with van der Waals surface area (Å²) >= 11 is 0. The second kappa shape index (κ2) is 8.22. The van der Waals surface area contributed by atoms with Crippen LogP contribution in [0, 0.1) is 0 Å². The van der Waals surface area contributed by atoms with Gasteiger partial charge in [0.2, 0.25) is 0 Å². The Kier molecular flexibility index (Phi) is 5.15. The number of benzene rings is 2. The highest BCUT2D eigenvalue weighted by Gasteiger charge is 2.03. The first-order valence-corrected chi connectivity index (χ1v) is 9.02. The first-order chi connectivity index (χ1) is 13.8. The van der Waals surface area contributed by atoms with E-state index in [1.54, 1.807) is 0 Å². The minimum atomic E-state index is -0.244. The fraction of sp³-hybridized carbons (Fsp3) is 0.0952. The third-order valence-corrected chi connectivity index (χ3v) is 4.24. The molecule has 0 saturated carbocycles. The summed E-state index contributed by atoms with van der Waals surface area (Å²) in [4.78, 5) is 12.1. The van der Waals surface area contributed by atoms with E-state index >= 15 is 0 Å². The van der Waals surface area contributed by atoms with Crippen LogP contribution >= 0.6 is 0 Å². The molecule has 0 bridgehead atoms. The highest BCUT2D eigenvalue weighted by molar-refractivity contribution is 5.93. The molecule has 2 aromatic carbocycles. The summed E-state index contributed by atoms with van der Waals surface area (Å²) in [6, 6.07) is 21.2. The summed E-state index contributed by atoms with van der Waals surface area (Å²) in [6.07, 6.45) is 3.82. The normalized spacial score (nSPS) is 10.6. The van der Waals surface area contributed by atoms with Gasteiger partial charge in [0.25, 0.3) is 0 Å². The molecule has 140 valence electrons. The molecule has 0 unspecified atom stereocenters. The molecule has 0 aliphatic heterocycles. The Hall–Kier alpha value is -3.87. The van der Waals surface area contributed by atoms with Gasteiger partial charge in [-0.1, -0.05) is 30.3 Å². The molecule has 0 radical (unpaired) electrons. The standard InChI is InChI=1S/C21H20N6O/c28-21(24-18-8-7-16-5-1-2-6-17(16)15-18)23-12-11-22-19-9-10-20(26-25-19)27-13-3-4-14-27/h1-10,13-15H,11-12H2,(H,22,25)(H2,23,24,28).